The number of carbonyl (C=O) groups is 1. The van der Waals surface area contributed by atoms with Gasteiger partial charge in [0, 0.05) is 30.1 Å². The second kappa shape index (κ2) is 12.7. The zero-order valence-electron chi connectivity index (χ0n) is 20.0. The minimum atomic E-state index is -0.347. The minimum absolute atomic E-state index is 0.208. The lowest BCUT2D eigenvalue weighted by molar-refractivity contribution is -0.127. The van der Waals surface area contributed by atoms with E-state index in [4.69, 9.17) is 9.47 Å². The maximum Gasteiger partial charge on any atom is 0.247 e. The first-order valence-corrected chi connectivity index (χ1v) is 12.4. The lowest BCUT2D eigenvalue weighted by atomic mass is 10.1. The average Bonchev–Trinajstić information content (AvgIpc) is 3.42. The number of nitrogens with zero attached hydrogens (tertiary/aromatic N) is 2. The highest BCUT2D eigenvalue weighted by Crippen LogP contribution is 2.29. The van der Waals surface area contributed by atoms with E-state index in [9.17, 15) is 9.18 Å². The molecular weight excluding hydrogens is 475 g/mol. The number of thiophene rings is 1. The van der Waals surface area contributed by atoms with Gasteiger partial charge in [0.05, 0.1) is 26.0 Å². The van der Waals surface area contributed by atoms with Crippen LogP contribution in [0.25, 0.3) is 6.08 Å². The van der Waals surface area contributed by atoms with Crippen molar-refractivity contribution in [2.45, 2.75) is 19.5 Å². The van der Waals surface area contributed by atoms with Gasteiger partial charge in [-0.25, -0.2) is 4.39 Å². The monoisotopic (exact) mass is 502 g/mol. The van der Waals surface area contributed by atoms with Crippen molar-refractivity contribution in [1.29, 1.82) is 0 Å². The smallest absolute Gasteiger partial charge is 0.247 e. The van der Waals surface area contributed by atoms with E-state index < -0.39 is 0 Å². The van der Waals surface area contributed by atoms with Gasteiger partial charge in [0.15, 0.2) is 11.5 Å². The van der Waals surface area contributed by atoms with Crippen LogP contribution in [0.2, 0.25) is 0 Å². The molecule has 0 radical (unpaired) electrons. The molecule has 2 aromatic carbocycles. The van der Waals surface area contributed by atoms with E-state index in [1.165, 1.54) is 23.1 Å². The second-order valence-corrected chi connectivity index (χ2v) is 9.10. The highest BCUT2D eigenvalue weighted by Gasteiger charge is 2.15. The number of carbonyl (C=O) groups excluding carboxylic acids is 1. The number of hydrogen-bond acceptors (Lipinski definition) is 5. The van der Waals surface area contributed by atoms with Gasteiger partial charge in [-0.2, -0.15) is 0 Å². The van der Waals surface area contributed by atoms with Crippen LogP contribution in [0.5, 0.6) is 11.5 Å². The van der Waals surface area contributed by atoms with Gasteiger partial charge in [0.25, 0.3) is 0 Å². The highest BCUT2D eigenvalue weighted by atomic mass is 32.1. The molecule has 5 nitrogen and oxygen atoms in total. The van der Waals surface area contributed by atoms with Gasteiger partial charge >= 0.3 is 0 Å². The molecule has 2 heterocycles. The fraction of sp³-hybridized carbons (Fsp3) is 0.172. The third-order valence-corrected chi connectivity index (χ3v) is 6.38. The van der Waals surface area contributed by atoms with Gasteiger partial charge in [-0.3, -0.25) is 9.78 Å². The molecule has 1 amide bonds. The number of hydrogen-bond donors (Lipinski definition) is 0. The van der Waals surface area contributed by atoms with Crippen LogP contribution < -0.4 is 9.47 Å². The Labute approximate surface area is 214 Å². The van der Waals surface area contributed by atoms with Crippen LogP contribution in [0.3, 0.4) is 0 Å². The Kier molecular flexibility index (Phi) is 8.83. The van der Waals surface area contributed by atoms with Crippen molar-refractivity contribution < 1.29 is 18.7 Å². The molecule has 0 bridgehead atoms. The molecule has 0 fully saturated rings. The first-order chi connectivity index (χ1) is 17.6. The van der Waals surface area contributed by atoms with Crippen molar-refractivity contribution in [2.24, 2.45) is 0 Å². The van der Waals surface area contributed by atoms with Crippen molar-refractivity contribution in [3.05, 3.63) is 118 Å². The first kappa shape index (κ1) is 25.1. The Balaban J connectivity index is 1.48. The summed E-state index contributed by atoms with van der Waals surface area (Å²) >= 11 is 1.71. The summed E-state index contributed by atoms with van der Waals surface area (Å²) in [6, 6.07) is 21.5. The molecule has 0 aliphatic rings. The number of aromatic nitrogens is 1. The summed E-state index contributed by atoms with van der Waals surface area (Å²) in [6.45, 7) is 1.22. The maximum absolute atomic E-state index is 13.5. The molecule has 0 atom stereocenters. The van der Waals surface area contributed by atoms with Crippen molar-refractivity contribution in [3.63, 3.8) is 0 Å². The summed E-state index contributed by atoms with van der Waals surface area (Å²) in [5.74, 6) is 0.713. The molecule has 4 aromatic rings. The summed E-state index contributed by atoms with van der Waals surface area (Å²) in [6.07, 6.45) is 5.59. The van der Waals surface area contributed by atoms with Crippen molar-refractivity contribution in [1.82, 2.24) is 9.88 Å². The van der Waals surface area contributed by atoms with Crippen LogP contribution >= 0.6 is 11.3 Å². The quantitative estimate of drug-likeness (QED) is 0.231. The fourth-order valence-electron chi connectivity index (χ4n) is 3.65. The summed E-state index contributed by atoms with van der Waals surface area (Å²) < 4.78 is 25.0. The Hall–Kier alpha value is -3.97. The van der Waals surface area contributed by atoms with Gasteiger partial charge in [-0.1, -0.05) is 30.3 Å². The number of pyridine rings is 1. The molecule has 0 saturated heterocycles. The molecule has 36 heavy (non-hydrogen) atoms. The third-order valence-electron chi connectivity index (χ3n) is 5.45. The normalized spacial score (nSPS) is 10.9. The van der Waals surface area contributed by atoms with E-state index in [1.54, 1.807) is 47.8 Å². The zero-order chi connectivity index (χ0) is 25.2. The number of amides is 1. The molecule has 0 spiro atoms. The summed E-state index contributed by atoms with van der Waals surface area (Å²) in [5.41, 5.74) is 2.28. The highest BCUT2D eigenvalue weighted by molar-refractivity contribution is 7.09. The van der Waals surface area contributed by atoms with Crippen LogP contribution in [0, 0.1) is 5.82 Å². The van der Waals surface area contributed by atoms with E-state index >= 15 is 0 Å². The Morgan fingerprint density at radius 3 is 2.69 bits per heavy atom. The van der Waals surface area contributed by atoms with E-state index in [-0.39, 0.29) is 11.7 Å². The van der Waals surface area contributed by atoms with Crippen LogP contribution in [-0.4, -0.2) is 29.5 Å². The van der Waals surface area contributed by atoms with Crippen LogP contribution in [0.1, 0.15) is 21.7 Å². The van der Waals surface area contributed by atoms with Gasteiger partial charge < -0.3 is 14.4 Å². The molecule has 0 saturated carbocycles. The lowest BCUT2D eigenvalue weighted by Crippen LogP contribution is -2.29. The van der Waals surface area contributed by atoms with Gasteiger partial charge in [-0.15, -0.1) is 11.3 Å². The first-order valence-electron chi connectivity index (χ1n) is 11.6. The third kappa shape index (κ3) is 7.26. The number of rotatable bonds is 11. The van der Waals surface area contributed by atoms with E-state index in [0.29, 0.717) is 36.8 Å². The SMILES string of the molecule is COc1cc(CN(Cc2ccccn2)C(=O)C=Cc2cccc(F)c2)ccc1OCCc1cccs1. The lowest BCUT2D eigenvalue weighted by Gasteiger charge is -2.22. The molecule has 184 valence electrons. The average molecular weight is 503 g/mol. The summed E-state index contributed by atoms with van der Waals surface area (Å²) in [4.78, 5) is 20.5. The van der Waals surface area contributed by atoms with E-state index in [0.717, 1.165) is 17.7 Å². The van der Waals surface area contributed by atoms with Crippen LogP contribution in [0.15, 0.2) is 90.4 Å². The maximum atomic E-state index is 13.5. The number of halogens is 1. The van der Waals surface area contributed by atoms with Crippen molar-refractivity contribution in [2.75, 3.05) is 13.7 Å². The largest absolute Gasteiger partial charge is 0.493 e. The van der Waals surface area contributed by atoms with E-state index in [1.807, 2.05) is 42.5 Å². The minimum Gasteiger partial charge on any atom is -0.493 e. The van der Waals surface area contributed by atoms with Gasteiger partial charge in [0.1, 0.15) is 5.82 Å². The molecule has 4 rings (SSSR count). The predicted molar refractivity (Wildman–Crippen MR) is 140 cm³/mol. The second-order valence-electron chi connectivity index (χ2n) is 8.07. The Morgan fingerprint density at radius 2 is 1.94 bits per heavy atom. The Morgan fingerprint density at radius 1 is 1.03 bits per heavy atom. The van der Waals surface area contributed by atoms with Gasteiger partial charge in [0.2, 0.25) is 5.91 Å². The van der Waals surface area contributed by atoms with Crippen LogP contribution in [-0.2, 0) is 24.3 Å². The zero-order valence-corrected chi connectivity index (χ0v) is 20.8. The molecule has 7 heteroatoms. The summed E-state index contributed by atoms with van der Waals surface area (Å²) in [7, 11) is 1.60. The van der Waals surface area contributed by atoms with Crippen molar-refractivity contribution >= 4 is 23.3 Å². The predicted octanol–water partition coefficient (Wildman–Crippen LogP) is 6.15. The fourth-order valence-corrected chi connectivity index (χ4v) is 4.34. The molecule has 0 unspecified atom stereocenters. The number of methoxy groups -OCH3 is 1. The molecule has 0 aliphatic heterocycles. The number of benzene rings is 2. The summed E-state index contributed by atoms with van der Waals surface area (Å²) in [5, 5.41) is 2.05. The van der Waals surface area contributed by atoms with Gasteiger partial charge in [-0.05, 0) is 65.0 Å². The molecular formula is C29H27FN2O3S. The van der Waals surface area contributed by atoms with E-state index in [2.05, 4.69) is 16.4 Å². The Bertz CT molecular complexity index is 1290. The molecule has 0 aliphatic carbocycles. The molecule has 2 aromatic heterocycles. The molecule has 0 N–H and O–H groups in total. The topological polar surface area (TPSA) is 51.7 Å². The van der Waals surface area contributed by atoms with Crippen molar-refractivity contribution in [3.8, 4) is 11.5 Å². The number of ether oxygens (including phenoxy) is 2. The standard InChI is InChI=1S/C29H27FN2O3S/c1-34-28-19-23(10-12-27(28)35-16-14-26-9-5-17-36-26)20-32(21-25-8-2-3-15-31-25)29(33)13-11-22-6-4-7-24(30)18-22/h2-13,15,17-19H,14,16,20-21H2,1H3. The van der Waals surface area contributed by atoms with Crippen LogP contribution in [0.4, 0.5) is 4.39 Å².